The van der Waals surface area contributed by atoms with Crippen LogP contribution in [0.15, 0.2) is 30.3 Å². The molecule has 162 valence electrons. The van der Waals surface area contributed by atoms with Crippen molar-refractivity contribution in [1.29, 1.82) is 0 Å². The highest BCUT2D eigenvalue weighted by Gasteiger charge is 2.20. The fourth-order valence-corrected chi connectivity index (χ4v) is 3.43. The molecule has 2 fully saturated rings. The zero-order valence-corrected chi connectivity index (χ0v) is 17.1. The highest BCUT2D eigenvalue weighted by Crippen LogP contribution is 2.28. The van der Waals surface area contributed by atoms with Crippen LogP contribution in [0.4, 0.5) is 11.8 Å². The van der Waals surface area contributed by atoms with E-state index in [1.54, 1.807) is 0 Å². The first-order valence-electron chi connectivity index (χ1n) is 10.4. The zero-order chi connectivity index (χ0) is 20.8. The minimum absolute atomic E-state index is 0.155. The van der Waals surface area contributed by atoms with E-state index in [1.165, 1.54) is 0 Å². The number of hydrogen-bond donors (Lipinski definition) is 2. The highest BCUT2D eigenvalue weighted by molar-refractivity contribution is 5.66. The van der Waals surface area contributed by atoms with Gasteiger partial charge in [0.25, 0.3) is 0 Å². The van der Waals surface area contributed by atoms with Crippen LogP contribution in [0.3, 0.4) is 0 Å². The molecule has 0 bridgehead atoms. The summed E-state index contributed by atoms with van der Waals surface area (Å²) in [5.41, 5.74) is 7.22. The van der Waals surface area contributed by atoms with Gasteiger partial charge in [0.05, 0.1) is 32.1 Å². The molecule has 1 aromatic heterocycles. The number of nitrogens with zero attached hydrogens (tertiary/aromatic N) is 4. The number of rotatable bonds is 7. The van der Waals surface area contributed by atoms with E-state index < -0.39 is 6.10 Å². The van der Waals surface area contributed by atoms with Crippen molar-refractivity contribution in [3.05, 3.63) is 30.3 Å². The number of nitrogens with two attached hydrogens (primary N) is 1. The lowest BCUT2D eigenvalue weighted by Gasteiger charge is -2.31. The summed E-state index contributed by atoms with van der Waals surface area (Å²) in [7, 11) is 0. The molecule has 0 aliphatic carbocycles. The zero-order valence-electron chi connectivity index (χ0n) is 17.1. The van der Waals surface area contributed by atoms with Gasteiger partial charge in [-0.1, -0.05) is 12.1 Å². The van der Waals surface area contributed by atoms with Crippen LogP contribution in [0, 0.1) is 0 Å². The first-order valence-corrected chi connectivity index (χ1v) is 10.4. The van der Waals surface area contributed by atoms with Gasteiger partial charge in [0.1, 0.15) is 24.3 Å². The van der Waals surface area contributed by atoms with Gasteiger partial charge in [-0.3, -0.25) is 0 Å². The van der Waals surface area contributed by atoms with Crippen molar-refractivity contribution >= 4 is 11.8 Å². The van der Waals surface area contributed by atoms with Crippen LogP contribution in [-0.4, -0.2) is 86.9 Å². The molecular weight excluding hydrogens is 386 g/mol. The molecule has 9 heteroatoms. The Morgan fingerprint density at radius 3 is 2.40 bits per heavy atom. The predicted octanol–water partition coefficient (Wildman–Crippen LogP) is 0.515. The maximum atomic E-state index is 9.66. The summed E-state index contributed by atoms with van der Waals surface area (Å²) in [5, 5.41) is 9.66. The Kier molecular flexibility index (Phi) is 6.96. The normalized spacial score (nSPS) is 18.3. The van der Waals surface area contributed by atoms with E-state index in [1.807, 2.05) is 30.3 Å². The maximum absolute atomic E-state index is 9.66. The Morgan fingerprint density at radius 1 is 1.00 bits per heavy atom. The molecule has 0 saturated carbocycles. The van der Waals surface area contributed by atoms with E-state index >= 15 is 0 Å². The van der Waals surface area contributed by atoms with Crippen LogP contribution in [0.1, 0.15) is 0 Å². The van der Waals surface area contributed by atoms with E-state index in [2.05, 4.69) is 9.80 Å². The summed E-state index contributed by atoms with van der Waals surface area (Å²) in [4.78, 5) is 14.1. The van der Waals surface area contributed by atoms with Crippen LogP contribution in [0.2, 0.25) is 0 Å². The average molecular weight is 415 g/mol. The summed E-state index contributed by atoms with van der Waals surface area (Å²) < 4.78 is 16.7. The molecule has 3 heterocycles. The largest absolute Gasteiger partial charge is 0.491 e. The minimum Gasteiger partial charge on any atom is -0.491 e. The number of anilines is 2. The van der Waals surface area contributed by atoms with Crippen molar-refractivity contribution in [2.75, 3.05) is 75.6 Å². The third-order valence-corrected chi connectivity index (χ3v) is 5.17. The Bertz CT molecular complexity index is 789. The van der Waals surface area contributed by atoms with Gasteiger partial charge in [-0.2, -0.15) is 4.98 Å². The fraction of sp³-hybridized carbons (Fsp3) is 0.524. The van der Waals surface area contributed by atoms with Gasteiger partial charge < -0.3 is 34.9 Å². The topological polar surface area (TPSA) is 106 Å². The van der Waals surface area contributed by atoms with E-state index in [9.17, 15) is 5.11 Å². The number of aliphatic hydroxyl groups is 1. The van der Waals surface area contributed by atoms with Crippen LogP contribution >= 0.6 is 0 Å². The highest BCUT2D eigenvalue weighted by atomic mass is 16.5. The number of aromatic nitrogens is 2. The molecule has 0 radical (unpaired) electrons. The minimum atomic E-state index is -0.687. The van der Waals surface area contributed by atoms with Crippen molar-refractivity contribution in [1.82, 2.24) is 9.97 Å². The lowest BCUT2D eigenvalue weighted by Crippen LogP contribution is -2.39. The molecule has 0 amide bonds. The number of ether oxygens (including phenoxy) is 3. The monoisotopic (exact) mass is 415 g/mol. The van der Waals surface area contributed by atoms with Crippen molar-refractivity contribution in [2.45, 2.75) is 6.10 Å². The van der Waals surface area contributed by atoms with Crippen molar-refractivity contribution in [2.24, 2.45) is 5.73 Å². The Balaban J connectivity index is 1.64. The number of aliphatic hydroxyl groups excluding tert-OH is 1. The second-order valence-electron chi connectivity index (χ2n) is 7.34. The lowest BCUT2D eigenvalue weighted by atomic mass is 10.1. The molecule has 3 N–H and O–H groups in total. The second kappa shape index (κ2) is 10.0. The fourth-order valence-electron chi connectivity index (χ4n) is 3.43. The van der Waals surface area contributed by atoms with Gasteiger partial charge in [-0.15, -0.1) is 0 Å². The quantitative estimate of drug-likeness (QED) is 0.669. The van der Waals surface area contributed by atoms with Gasteiger partial charge in [-0.05, 0) is 12.1 Å². The summed E-state index contributed by atoms with van der Waals surface area (Å²) in [6.45, 7) is 6.20. The smallest absolute Gasteiger partial charge is 0.228 e. The molecule has 2 aliphatic heterocycles. The number of morpholine rings is 2. The predicted molar refractivity (Wildman–Crippen MR) is 114 cm³/mol. The van der Waals surface area contributed by atoms with Crippen LogP contribution in [0.25, 0.3) is 11.3 Å². The third kappa shape index (κ3) is 5.17. The first kappa shape index (κ1) is 20.8. The third-order valence-electron chi connectivity index (χ3n) is 5.17. The number of hydrogen-bond acceptors (Lipinski definition) is 9. The number of benzene rings is 1. The molecule has 1 atom stereocenters. The summed E-state index contributed by atoms with van der Waals surface area (Å²) in [5.74, 6) is 2.27. The molecule has 9 nitrogen and oxygen atoms in total. The molecule has 1 unspecified atom stereocenters. The van der Waals surface area contributed by atoms with Crippen molar-refractivity contribution in [3.63, 3.8) is 0 Å². The summed E-state index contributed by atoms with van der Waals surface area (Å²) in [6, 6.07) is 9.73. The molecule has 0 spiro atoms. The van der Waals surface area contributed by atoms with Crippen molar-refractivity contribution in [3.8, 4) is 17.0 Å². The first-order chi connectivity index (χ1) is 14.7. The van der Waals surface area contributed by atoms with E-state index in [4.69, 9.17) is 29.9 Å². The van der Waals surface area contributed by atoms with Crippen LogP contribution < -0.4 is 20.3 Å². The van der Waals surface area contributed by atoms with Gasteiger partial charge in [0, 0.05) is 44.4 Å². The van der Waals surface area contributed by atoms with Crippen LogP contribution in [-0.2, 0) is 9.47 Å². The van der Waals surface area contributed by atoms with Gasteiger partial charge in [0.15, 0.2) is 0 Å². The summed E-state index contributed by atoms with van der Waals surface area (Å²) in [6.07, 6.45) is -0.687. The standard InChI is InChI=1S/C21H29N5O4/c22-14-17(27)15-30-18-3-1-2-16(12-18)19-13-20(25-4-8-28-9-5-25)24-21(23-19)26-6-10-29-11-7-26/h1-3,12-13,17,27H,4-11,14-15,22H2. The maximum Gasteiger partial charge on any atom is 0.228 e. The van der Waals surface area contributed by atoms with Gasteiger partial charge in [-0.25, -0.2) is 4.98 Å². The molecule has 4 rings (SSSR count). The lowest BCUT2D eigenvalue weighted by molar-refractivity contribution is 0.114. The van der Waals surface area contributed by atoms with Gasteiger partial charge in [0.2, 0.25) is 5.95 Å². The van der Waals surface area contributed by atoms with E-state index in [-0.39, 0.29) is 13.2 Å². The van der Waals surface area contributed by atoms with E-state index in [0.717, 1.165) is 43.3 Å². The molecular formula is C21H29N5O4. The SMILES string of the molecule is NCC(O)COc1cccc(-c2cc(N3CCOCC3)nc(N3CCOCC3)n2)c1. The molecule has 1 aromatic carbocycles. The Hall–Kier alpha value is -2.46. The summed E-state index contributed by atoms with van der Waals surface area (Å²) >= 11 is 0. The second-order valence-corrected chi connectivity index (χ2v) is 7.34. The molecule has 2 saturated heterocycles. The van der Waals surface area contributed by atoms with Crippen LogP contribution in [0.5, 0.6) is 5.75 Å². The van der Waals surface area contributed by atoms with Gasteiger partial charge >= 0.3 is 0 Å². The Morgan fingerprint density at radius 2 is 1.70 bits per heavy atom. The Labute approximate surface area is 176 Å². The van der Waals surface area contributed by atoms with E-state index in [0.29, 0.717) is 38.1 Å². The molecule has 2 aromatic rings. The molecule has 2 aliphatic rings. The molecule has 30 heavy (non-hydrogen) atoms. The van der Waals surface area contributed by atoms with Crippen molar-refractivity contribution < 1.29 is 19.3 Å². The average Bonchev–Trinajstić information content (AvgIpc) is 2.83.